The summed E-state index contributed by atoms with van der Waals surface area (Å²) in [4.78, 5) is 39.7. The van der Waals surface area contributed by atoms with Crippen LogP contribution in [-0.4, -0.2) is 36.3 Å². The van der Waals surface area contributed by atoms with E-state index in [1.807, 2.05) is 72.8 Å². The zero-order valence-electron chi connectivity index (χ0n) is 19.1. The molecule has 6 nitrogen and oxygen atoms in total. The molecule has 0 saturated heterocycles. The lowest BCUT2D eigenvalue weighted by atomic mass is 9.99. The monoisotopic (exact) mass is 463 g/mol. The summed E-state index contributed by atoms with van der Waals surface area (Å²) in [7, 11) is 2.45. The van der Waals surface area contributed by atoms with E-state index in [0.29, 0.717) is 16.5 Å². The second-order valence-corrected chi connectivity index (χ2v) is 7.98. The molecule has 0 atom stereocenters. The van der Waals surface area contributed by atoms with E-state index in [4.69, 9.17) is 9.47 Å². The van der Waals surface area contributed by atoms with Crippen molar-refractivity contribution < 1.29 is 23.9 Å². The van der Waals surface area contributed by atoms with Gasteiger partial charge in [0.2, 0.25) is 5.78 Å². The normalized spacial score (nSPS) is 10.9. The second kappa shape index (κ2) is 8.91. The lowest BCUT2D eigenvalue weighted by molar-refractivity contribution is 0.0556. The van der Waals surface area contributed by atoms with Gasteiger partial charge in [-0.1, -0.05) is 78.9 Å². The van der Waals surface area contributed by atoms with E-state index in [9.17, 15) is 14.4 Å². The molecule has 6 heteroatoms. The molecule has 0 spiro atoms. The molecular weight excluding hydrogens is 442 g/mol. The smallest absolute Gasteiger partial charge is 0.341 e. The van der Waals surface area contributed by atoms with Crippen LogP contribution in [0.25, 0.3) is 27.4 Å². The summed E-state index contributed by atoms with van der Waals surface area (Å²) in [6.45, 7) is 0. The number of ketones is 1. The summed E-state index contributed by atoms with van der Waals surface area (Å²) in [6, 6.07) is 26.2. The minimum atomic E-state index is -0.789. The lowest BCUT2D eigenvalue weighted by Gasteiger charge is -2.08. The van der Waals surface area contributed by atoms with Gasteiger partial charge in [0.05, 0.1) is 19.7 Å². The Labute approximate surface area is 201 Å². The molecule has 5 rings (SSSR count). The Morgan fingerprint density at radius 1 is 0.657 bits per heavy atom. The summed E-state index contributed by atoms with van der Waals surface area (Å²) in [5.74, 6) is -1.93. The van der Waals surface area contributed by atoms with Crippen molar-refractivity contribution in [3.63, 3.8) is 0 Å². The van der Waals surface area contributed by atoms with Crippen LogP contribution in [0.2, 0.25) is 0 Å². The topological polar surface area (TPSA) is 74.1 Å². The first-order valence-electron chi connectivity index (χ1n) is 11.0. The number of rotatable bonds is 5. The van der Waals surface area contributed by atoms with Crippen molar-refractivity contribution in [1.82, 2.24) is 4.40 Å². The van der Waals surface area contributed by atoms with Crippen LogP contribution >= 0.6 is 0 Å². The van der Waals surface area contributed by atoms with Gasteiger partial charge in [0, 0.05) is 17.1 Å². The standard InChI is InChI=1S/C29H21NO5/c1-34-28(32)23-24(29(33)35-2)26(30-17-16-20-10-6-7-11-22(20)25(23)30)27(31)21-14-12-19(13-15-21)18-8-4-3-5-9-18/h3-17H,1-2H3. The van der Waals surface area contributed by atoms with E-state index in [2.05, 4.69) is 0 Å². The van der Waals surface area contributed by atoms with Crippen molar-refractivity contribution in [2.75, 3.05) is 14.2 Å². The van der Waals surface area contributed by atoms with Crippen molar-refractivity contribution >= 4 is 34.0 Å². The van der Waals surface area contributed by atoms with Gasteiger partial charge >= 0.3 is 11.9 Å². The molecule has 0 unspecified atom stereocenters. The zero-order valence-corrected chi connectivity index (χ0v) is 19.1. The van der Waals surface area contributed by atoms with Gasteiger partial charge in [-0.2, -0.15) is 0 Å². The molecule has 0 aliphatic carbocycles. The van der Waals surface area contributed by atoms with Crippen molar-refractivity contribution in [3.05, 3.63) is 114 Å². The summed E-state index contributed by atoms with van der Waals surface area (Å²) in [5, 5.41) is 1.56. The van der Waals surface area contributed by atoms with Gasteiger partial charge in [-0.05, 0) is 22.6 Å². The van der Waals surface area contributed by atoms with E-state index in [0.717, 1.165) is 16.5 Å². The number of pyridine rings is 1. The van der Waals surface area contributed by atoms with Gasteiger partial charge in [0.25, 0.3) is 0 Å². The Balaban J connectivity index is 1.77. The molecule has 0 aliphatic heterocycles. The lowest BCUT2D eigenvalue weighted by Crippen LogP contribution is -2.15. The van der Waals surface area contributed by atoms with Crippen LogP contribution < -0.4 is 0 Å². The second-order valence-electron chi connectivity index (χ2n) is 7.98. The highest BCUT2D eigenvalue weighted by atomic mass is 16.5. The highest BCUT2D eigenvalue weighted by Gasteiger charge is 2.33. The number of carbonyl (C=O) groups is 3. The third kappa shape index (κ3) is 3.65. The van der Waals surface area contributed by atoms with Gasteiger partial charge in [-0.15, -0.1) is 0 Å². The highest BCUT2D eigenvalue weighted by Crippen LogP contribution is 2.33. The number of fused-ring (bicyclic) bond motifs is 3. The number of benzene rings is 3. The summed E-state index contributed by atoms with van der Waals surface area (Å²) >= 11 is 0. The first-order valence-corrected chi connectivity index (χ1v) is 11.0. The zero-order chi connectivity index (χ0) is 24.5. The minimum Gasteiger partial charge on any atom is -0.465 e. The summed E-state index contributed by atoms with van der Waals surface area (Å²) in [5.41, 5.74) is 2.70. The van der Waals surface area contributed by atoms with Gasteiger partial charge in [-0.25, -0.2) is 9.59 Å². The minimum absolute atomic E-state index is 0.000376. The number of carbonyl (C=O) groups excluding carboxylic acids is 3. The molecule has 0 fully saturated rings. The number of aromatic nitrogens is 1. The molecule has 0 radical (unpaired) electrons. The molecule has 35 heavy (non-hydrogen) atoms. The largest absolute Gasteiger partial charge is 0.465 e. The maximum atomic E-state index is 13.8. The van der Waals surface area contributed by atoms with E-state index < -0.39 is 17.7 Å². The number of nitrogens with zero attached hydrogens (tertiary/aromatic N) is 1. The van der Waals surface area contributed by atoms with Gasteiger partial charge in [-0.3, -0.25) is 4.79 Å². The Kier molecular flexibility index (Phi) is 5.63. The fourth-order valence-electron chi connectivity index (χ4n) is 4.42. The Morgan fingerprint density at radius 3 is 1.94 bits per heavy atom. The predicted octanol–water partition coefficient (Wildman–Crippen LogP) is 5.56. The van der Waals surface area contributed by atoms with Crippen molar-refractivity contribution in [2.45, 2.75) is 0 Å². The Bertz CT molecular complexity index is 1600. The maximum absolute atomic E-state index is 13.8. The summed E-state index contributed by atoms with van der Waals surface area (Å²) in [6.07, 6.45) is 1.68. The summed E-state index contributed by atoms with van der Waals surface area (Å²) < 4.78 is 11.6. The van der Waals surface area contributed by atoms with Crippen LogP contribution in [0.1, 0.15) is 36.8 Å². The number of hydrogen-bond acceptors (Lipinski definition) is 5. The van der Waals surface area contributed by atoms with Crippen LogP contribution in [0.4, 0.5) is 0 Å². The van der Waals surface area contributed by atoms with Crippen LogP contribution in [0.5, 0.6) is 0 Å². The van der Waals surface area contributed by atoms with Crippen molar-refractivity contribution in [3.8, 4) is 11.1 Å². The third-order valence-electron chi connectivity index (χ3n) is 6.07. The van der Waals surface area contributed by atoms with Crippen LogP contribution in [-0.2, 0) is 9.47 Å². The van der Waals surface area contributed by atoms with Crippen molar-refractivity contribution in [2.24, 2.45) is 0 Å². The van der Waals surface area contributed by atoms with Crippen LogP contribution in [0.15, 0.2) is 91.1 Å². The molecule has 0 aliphatic rings. The van der Waals surface area contributed by atoms with Gasteiger partial charge in [0.15, 0.2) is 0 Å². The molecule has 3 aromatic carbocycles. The first kappa shape index (κ1) is 22.1. The number of methoxy groups -OCH3 is 2. The van der Waals surface area contributed by atoms with Crippen LogP contribution in [0.3, 0.4) is 0 Å². The molecule has 2 heterocycles. The quantitative estimate of drug-likeness (QED) is 0.252. The number of hydrogen-bond donors (Lipinski definition) is 0. The average Bonchev–Trinajstić information content (AvgIpc) is 3.28. The fourth-order valence-corrected chi connectivity index (χ4v) is 4.42. The van der Waals surface area contributed by atoms with Gasteiger partial charge in [0.1, 0.15) is 16.8 Å². The molecule has 0 N–H and O–H groups in total. The maximum Gasteiger partial charge on any atom is 0.341 e. The van der Waals surface area contributed by atoms with Gasteiger partial charge < -0.3 is 13.9 Å². The van der Waals surface area contributed by atoms with E-state index in [-0.39, 0.29) is 16.8 Å². The van der Waals surface area contributed by atoms with E-state index >= 15 is 0 Å². The number of esters is 2. The van der Waals surface area contributed by atoms with Crippen LogP contribution in [0, 0.1) is 0 Å². The molecule has 2 aromatic heterocycles. The average molecular weight is 463 g/mol. The predicted molar refractivity (Wildman–Crippen MR) is 133 cm³/mol. The Hall–Kier alpha value is -4.71. The molecule has 0 amide bonds. The third-order valence-corrected chi connectivity index (χ3v) is 6.07. The number of ether oxygens (including phenoxy) is 2. The van der Waals surface area contributed by atoms with E-state index in [1.165, 1.54) is 14.2 Å². The molecule has 0 saturated carbocycles. The first-order chi connectivity index (χ1) is 17.0. The fraction of sp³-hybridized carbons (Fsp3) is 0.0690. The SMILES string of the molecule is COC(=O)c1c(C(=O)OC)c2c3ccccc3ccn2c1C(=O)c1ccc(-c2ccccc2)cc1. The van der Waals surface area contributed by atoms with E-state index in [1.54, 1.807) is 22.7 Å². The Morgan fingerprint density at radius 2 is 1.26 bits per heavy atom. The molecular formula is C29H21NO5. The molecule has 0 bridgehead atoms. The molecule has 172 valence electrons. The van der Waals surface area contributed by atoms with Crippen molar-refractivity contribution in [1.29, 1.82) is 0 Å². The highest BCUT2D eigenvalue weighted by molar-refractivity contribution is 6.22. The molecule has 5 aromatic rings.